The van der Waals surface area contributed by atoms with Crippen molar-refractivity contribution >= 4 is 6.09 Å². The summed E-state index contributed by atoms with van der Waals surface area (Å²) in [4.78, 5) is 13.3. The van der Waals surface area contributed by atoms with E-state index in [4.69, 9.17) is 4.74 Å². The van der Waals surface area contributed by atoms with E-state index in [0.717, 1.165) is 13.1 Å². The number of hydrogen-bond donors (Lipinski definition) is 1. The van der Waals surface area contributed by atoms with Gasteiger partial charge in [-0.3, -0.25) is 4.90 Å². The Morgan fingerprint density at radius 2 is 2.00 bits per heavy atom. The average molecular weight is 186 g/mol. The number of amides is 1. The fraction of sp³-hybridized carbons (Fsp3) is 0.889. The molecule has 0 spiro atoms. The SMILES string of the molecule is COC(=O)N(C1CNC1)C(C)(C)C. The molecule has 0 radical (unpaired) electrons. The van der Waals surface area contributed by atoms with Crippen LogP contribution in [-0.4, -0.2) is 42.8 Å². The maximum atomic E-state index is 11.5. The Balaban J connectivity index is 2.69. The Bertz CT molecular complexity index is 194. The van der Waals surface area contributed by atoms with Gasteiger partial charge in [0.2, 0.25) is 0 Å². The molecule has 0 bridgehead atoms. The van der Waals surface area contributed by atoms with Crippen molar-refractivity contribution in [1.29, 1.82) is 0 Å². The third-order valence-corrected chi connectivity index (χ3v) is 2.22. The van der Waals surface area contributed by atoms with Gasteiger partial charge in [-0.2, -0.15) is 0 Å². The van der Waals surface area contributed by atoms with Crippen LogP contribution in [0.15, 0.2) is 0 Å². The molecule has 1 saturated heterocycles. The van der Waals surface area contributed by atoms with E-state index < -0.39 is 0 Å². The summed E-state index contributed by atoms with van der Waals surface area (Å²) < 4.78 is 4.75. The monoisotopic (exact) mass is 186 g/mol. The first-order valence-corrected chi connectivity index (χ1v) is 4.55. The highest BCUT2D eigenvalue weighted by molar-refractivity contribution is 5.69. The topological polar surface area (TPSA) is 41.6 Å². The summed E-state index contributed by atoms with van der Waals surface area (Å²) in [5.41, 5.74) is -0.167. The van der Waals surface area contributed by atoms with E-state index in [1.54, 1.807) is 4.90 Å². The molecule has 0 unspecified atom stereocenters. The zero-order valence-corrected chi connectivity index (χ0v) is 8.76. The van der Waals surface area contributed by atoms with Gasteiger partial charge in [0.1, 0.15) is 0 Å². The maximum Gasteiger partial charge on any atom is 0.410 e. The Morgan fingerprint density at radius 3 is 2.23 bits per heavy atom. The molecule has 1 heterocycles. The number of nitrogens with zero attached hydrogens (tertiary/aromatic N) is 1. The van der Waals surface area contributed by atoms with Crippen LogP contribution >= 0.6 is 0 Å². The van der Waals surface area contributed by atoms with Gasteiger partial charge in [0.25, 0.3) is 0 Å². The minimum atomic E-state index is -0.237. The molecule has 1 aliphatic heterocycles. The van der Waals surface area contributed by atoms with Gasteiger partial charge < -0.3 is 10.1 Å². The summed E-state index contributed by atoms with van der Waals surface area (Å²) in [6.07, 6.45) is -0.237. The third-order valence-electron chi connectivity index (χ3n) is 2.22. The van der Waals surface area contributed by atoms with E-state index in [1.807, 2.05) is 20.8 Å². The number of rotatable bonds is 1. The summed E-state index contributed by atoms with van der Waals surface area (Å²) in [5, 5.41) is 3.14. The largest absolute Gasteiger partial charge is 0.453 e. The van der Waals surface area contributed by atoms with E-state index in [0.29, 0.717) is 0 Å². The van der Waals surface area contributed by atoms with E-state index in [2.05, 4.69) is 5.32 Å². The van der Waals surface area contributed by atoms with Gasteiger partial charge in [-0.15, -0.1) is 0 Å². The molecule has 0 aromatic heterocycles. The molecular weight excluding hydrogens is 168 g/mol. The molecule has 0 saturated carbocycles. The Hall–Kier alpha value is -0.770. The highest BCUT2D eigenvalue weighted by Gasteiger charge is 2.36. The molecule has 0 aliphatic carbocycles. The van der Waals surface area contributed by atoms with Gasteiger partial charge >= 0.3 is 6.09 Å². The van der Waals surface area contributed by atoms with Crippen molar-refractivity contribution in [2.24, 2.45) is 0 Å². The average Bonchev–Trinajstić information content (AvgIpc) is 1.92. The second kappa shape index (κ2) is 3.54. The fourth-order valence-electron chi connectivity index (χ4n) is 1.53. The standard InChI is InChI=1S/C9H18N2O2/c1-9(2,3)11(8(12)13-4)7-5-10-6-7/h7,10H,5-6H2,1-4H3. The zero-order valence-electron chi connectivity index (χ0n) is 8.76. The van der Waals surface area contributed by atoms with Crippen molar-refractivity contribution in [2.45, 2.75) is 32.4 Å². The molecule has 13 heavy (non-hydrogen) atoms. The van der Waals surface area contributed by atoms with Crippen LogP contribution in [0.25, 0.3) is 0 Å². The lowest BCUT2D eigenvalue weighted by molar-refractivity contribution is 0.0404. The van der Waals surface area contributed by atoms with Crippen LogP contribution in [0.4, 0.5) is 4.79 Å². The highest BCUT2D eigenvalue weighted by atomic mass is 16.5. The van der Waals surface area contributed by atoms with Crippen molar-refractivity contribution in [3.8, 4) is 0 Å². The predicted molar refractivity (Wildman–Crippen MR) is 50.7 cm³/mol. The van der Waals surface area contributed by atoms with Gasteiger partial charge in [0, 0.05) is 18.6 Å². The van der Waals surface area contributed by atoms with Gasteiger partial charge in [-0.05, 0) is 20.8 Å². The normalized spacial score (nSPS) is 17.8. The molecule has 76 valence electrons. The molecular formula is C9H18N2O2. The molecule has 0 atom stereocenters. The number of nitrogens with one attached hydrogen (secondary N) is 1. The zero-order chi connectivity index (χ0) is 10.1. The quantitative estimate of drug-likeness (QED) is 0.659. The van der Waals surface area contributed by atoms with Crippen LogP contribution in [0, 0.1) is 0 Å². The van der Waals surface area contributed by atoms with E-state index >= 15 is 0 Å². The van der Waals surface area contributed by atoms with Crippen LogP contribution in [0.2, 0.25) is 0 Å². The Morgan fingerprint density at radius 1 is 1.46 bits per heavy atom. The first-order valence-electron chi connectivity index (χ1n) is 4.55. The molecule has 1 aliphatic rings. The second-order valence-corrected chi connectivity index (χ2v) is 4.32. The molecule has 1 amide bonds. The highest BCUT2D eigenvalue weighted by Crippen LogP contribution is 2.20. The van der Waals surface area contributed by atoms with Gasteiger partial charge in [-0.25, -0.2) is 4.79 Å². The summed E-state index contributed by atoms with van der Waals surface area (Å²) in [6, 6.07) is 0.285. The van der Waals surface area contributed by atoms with Crippen LogP contribution in [0.1, 0.15) is 20.8 Å². The smallest absolute Gasteiger partial charge is 0.410 e. The minimum absolute atomic E-state index is 0.167. The predicted octanol–water partition coefficient (Wildman–Crippen LogP) is 0.825. The van der Waals surface area contributed by atoms with Crippen LogP contribution in [0.3, 0.4) is 0 Å². The molecule has 0 aromatic rings. The van der Waals surface area contributed by atoms with E-state index in [1.165, 1.54) is 7.11 Å². The number of methoxy groups -OCH3 is 1. The number of ether oxygens (including phenoxy) is 1. The van der Waals surface area contributed by atoms with Crippen molar-refractivity contribution in [1.82, 2.24) is 10.2 Å². The second-order valence-electron chi connectivity index (χ2n) is 4.32. The Labute approximate surface area is 79.2 Å². The molecule has 1 rings (SSSR count). The van der Waals surface area contributed by atoms with Crippen molar-refractivity contribution < 1.29 is 9.53 Å². The third kappa shape index (κ3) is 2.12. The number of carbonyl (C=O) groups excluding carboxylic acids is 1. The summed E-state index contributed by atoms with van der Waals surface area (Å²) in [6.45, 7) is 7.78. The first-order chi connectivity index (χ1) is 5.96. The molecule has 1 N–H and O–H groups in total. The lowest BCUT2D eigenvalue weighted by Crippen LogP contribution is -2.64. The molecule has 1 fully saturated rings. The van der Waals surface area contributed by atoms with Gasteiger partial charge in [0.15, 0.2) is 0 Å². The fourth-order valence-corrected chi connectivity index (χ4v) is 1.53. The summed E-state index contributed by atoms with van der Waals surface area (Å²) >= 11 is 0. The van der Waals surface area contributed by atoms with Crippen LogP contribution in [-0.2, 0) is 4.74 Å². The van der Waals surface area contributed by atoms with E-state index in [9.17, 15) is 4.79 Å². The Kier molecular flexibility index (Phi) is 2.81. The summed E-state index contributed by atoms with van der Waals surface area (Å²) in [5.74, 6) is 0. The van der Waals surface area contributed by atoms with Crippen LogP contribution in [0.5, 0.6) is 0 Å². The lowest BCUT2D eigenvalue weighted by atomic mass is 10.0. The minimum Gasteiger partial charge on any atom is -0.453 e. The molecule has 4 nitrogen and oxygen atoms in total. The first kappa shape index (κ1) is 10.3. The van der Waals surface area contributed by atoms with Gasteiger partial charge in [0.05, 0.1) is 13.2 Å². The molecule has 0 aromatic carbocycles. The lowest BCUT2D eigenvalue weighted by Gasteiger charge is -2.44. The van der Waals surface area contributed by atoms with Crippen molar-refractivity contribution in [3.63, 3.8) is 0 Å². The number of hydrogen-bond acceptors (Lipinski definition) is 3. The van der Waals surface area contributed by atoms with Crippen molar-refractivity contribution in [3.05, 3.63) is 0 Å². The van der Waals surface area contributed by atoms with Crippen LogP contribution < -0.4 is 5.32 Å². The maximum absolute atomic E-state index is 11.5. The summed E-state index contributed by atoms with van der Waals surface area (Å²) in [7, 11) is 1.42. The molecule has 4 heteroatoms. The van der Waals surface area contributed by atoms with Crippen molar-refractivity contribution in [2.75, 3.05) is 20.2 Å². The van der Waals surface area contributed by atoms with Gasteiger partial charge in [-0.1, -0.05) is 0 Å². The van der Waals surface area contributed by atoms with E-state index in [-0.39, 0.29) is 17.7 Å². The number of carbonyl (C=O) groups is 1.